The lowest BCUT2D eigenvalue weighted by molar-refractivity contribution is -0.140. The van der Waals surface area contributed by atoms with Gasteiger partial charge in [-0.3, -0.25) is 4.79 Å². The van der Waals surface area contributed by atoms with Gasteiger partial charge in [-0.2, -0.15) is 0 Å². The highest BCUT2D eigenvalue weighted by molar-refractivity contribution is 5.69. The first kappa shape index (κ1) is 11.9. The summed E-state index contributed by atoms with van der Waals surface area (Å²) >= 11 is 0. The smallest absolute Gasteiger partial charge is 0.305 e. The van der Waals surface area contributed by atoms with Gasteiger partial charge in [-0.1, -0.05) is 18.2 Å². The second-order valence-electron chi connectivity index (χ2n) is 3.95. The van der Waals surface area contributed by atoms with Crippen molar-refractivity contribution < 1.29 is 19.0 Å². The topological polar surface area (TPSA) is 48.1 Å². The van der Waals surface area contributed by atoms with E-state index in [9.17, 15) is 4.79 Å². The maximum absolute atomic E-state index is 11.1. The number of rotatable bonds is 6. The van der Waals surface area contributed by atoms with Crippen LogP contribution in [-0.2, 0) is 20.7 Å². The normalized spacial score (nSPS) is 17.6. The van der Waals surface area contributed by atoms with Crippen LogP contribution in [-0.4, -0.2) is 32.4 Å². The van der Waals surface area contributed by atoms with Gasteiger partial charge in [0, 0.05) is 6.42 Å². The van der Waals surface area contributed by atoms with Crippen LogP contribution in [0.4, 0.5) is 0 Å². The van der Waals surface area contributed by atoms with E-state index in [1.54, 1.807) is 0 Å². The SMILES string of the molecule is COC(=O)CCc1ccccc1OCC1CO1. The first-order chi connectivity index (χ1) is 8.29. The summed E-state index contributed by atoms with van der Waals surface area (Å²) in [5.74, 6) is 0.622. The highest BCUT2D eigenvalue weighted by atomic mass is 16.6. The summed E-state index contributed by atoms with van der Waals surface area (Å²) in [5.41, 5.74) is 1.03. The molecule has 0 N–H and O–H groups in total. The van der Waals surface area contributed by atoms with Gasteiger partial charge in [-0.15, -0.1) is 0 Å². The van der Waals surface area contributed by atoms with Crippen LogP contribution in [0, 0.1) is 0 Å². The zero-order valence-electron chi connectivity index (χ0n) is 9.85. The molecule has 1 fully saturated rings. The maximum atomic E-state index is 11.1. The number of carbonyl (C=O) groups excluding carboxylic acids is 1. The van der Waals surface area contributed by atoms with Crippen LogP contribution >= 0.6 is 0 Å². The average molecular weight is 236 g/mol. The molecule has 1 saturated heterocycles. The molecular formula is C13H16O4. The number of epoxide rings is 1. The standard InChI is InChI=1S/C13H16O4/c1-15-13(14)7-6-10-4-2-3-5-12(10)17-9-11-8-16-11/h2-5,11H,6-9H2,1H3. The van der Waals surface area contributed by atoms with Crippen LogP contribution in [0.15, 0.2) is 24.3 Å². The lowest BCUT2D eigenvalue weighted by atomic mass is 10.1. The summed E-state index contributed by atoms with van der Waals surface area (Å²) in [7, 11) is 1.40. The Morgan fingerprint density at radius 2 is 2.24 bits per heavy atom. The second kappa shape index (κ2) is 5.68. The number of hydrogen-bond acceptors (Lipinski definition) is 4. The average Bonchev–Trinajstić information content (AvgIpc) is 3.18. The summed E-state index contributed by atoms with van der Waals surface area (Å²) in [5, 5.41) is 0. The van der Waals surface area contributed by atoms with Crippen molar-refractivity contribution >= 4 is 5.97 Å². The van der Waals surface area contributed by atoms with Gasteiger partial charge in [0.2, 0.25) is 0 Å². The van der Waals surface area contributed by atoms with Gasteiger partial charge in [0.05, 0.1) is 13.7 Å². The Labute approximate surface area is 100 Å². The minimum atomic E-state index is -0.203. The second-order valence-corrected chi connectivity index (χ2v) is 3.95. The molecule has 1 aromatic carbocycles. The maximum Gasteiger partial charge on any atom is 0.305 e. The number of carbonyl (C=O) groups is 1. The molecule has 4 nitrogen and oxygen atoms in total. The van der Waals surface area contributed by atoms with Crippen molar-refractivity contribution in [2.45, 2.75) is 18.9 Å². The molecule has 1 aliphatic heterocycles. The third-order valence-corrected chi connectivity index (χ3v) is 2.63. The van der Waals surface area contributed by atoms with Crippen LogP contribution in [0.25, 0.3) is 0 Å². The monoisotopic (exact) mass is 236 g/mol. The molecule has 17 heavy (non-hydrogen) atoms. The third-order valence-electron chi connectivity index (χ3n) is 2.63. The number of methoxy groups -OCH3 is 1. The molecule has 0 spiro atoms. The van der Waals surface area contributed by atoms with Gasteiger partial charge in [0.15, 0.2) is 0 Å². The van der Waals surface area contributed by atoms with Gasteiger partial charge in [0.25, 0.3) is 0 Å². The Bertz CT molecular complexity index is 385. The zero-order valence-corrected chi connectivity index (χ0v) is 9.85. The van der Waals surface area contributed by atoms with E-state index in [0.717, 1.165) is 17.9 Å². The van der Waals surface area contributed by atoms with E-state index < -0.39 is 0 Å². The van der Waals surface area contributed by atoms with Crippen LogP contribution in [0.1, 0.15) is 12.0 Å². The Balaban J connectivity index is 1.91. The Morgan fingerprint density at radius 3 is 2.94 bits per heavy atom. The van der Waals surface area contributed by atoms with Gasteiger partial charge < -0.3 is 14.2 Å². The van der Waals surface area contributed by atoms with E-state index in [-0.39, 0.29) is 12.1 Å². The number of hydrogen-bond donors (Lipinski definition) is 0. The molecule has 0 aliphatic carbocycles. The van der Waals surface area contributed by atoms with Crippen molar-refractivity contribution in [2.24, 2.45) is 0 Å². The molecule has 2 rings (SSSR count). The van der Waals surface area contributed by atoms with Crippen LogP contribution in [0.2, 0.25) is 0 Å². The molecule has 1 atom stereocenters. The fraction of sp³-hybridized carbons (Fsp3) is 0.462. The van der Waals surface area contributed by atoms with Crippen molar-refractivity contribution in [2.75, 3.05) is 20.3 Å². The third kappa shape index (κ3) is 3.75. The summed E-state index contributed by atoms with van der Waals surface area (Å²) < 4.78 is 15.4. The molecule has 1 unspecified atom stereocenters. The van der Waals surface area contributed by atoms with Crippen molar-refractivity contribution in [3.63, 3.8) is 0 Å². The molecule has 0 radical (unpaired) electrons. The first-order valence-corrected chi connectivity index (χ1v) is 5.68. The van der Waals surface area contributed by atoms with E-state index in [1.807, 2.05) is 24.3 Å². The van der Waals surface area contributed by atoms with Gasteiger partial charge in [-0.25, -0.2) is 0 Å². The first-order valence-electron chi connectivity index (χ1n) is 5.68. The number of ether oxygens (including phenoxy) is 3. The van der Waals surface area contributed by atoms with Crippen molar-refractivity contribution in [1.82, 2.24) is 0 Å². The van der Waals surface area contributed by atoms with E-state index in [4.69, 9.17) is 9.47 Å². The largest absolute Gasteiger partial charge is 0.491 e. The van der Waals surface area contributed by atoms with Crippen molar-refractivity contribution in [1.29, 1.82) is 0 Å². The summed E-state index contributed by atoms with van der Waals surface area (Å²) in [6, 6.07) is 7.73. The summed E-state index contributed by atoms with van der Waals surface area (Å²) in [6.45, 7) is 1.36. The quantitative estimate of drug-likeness (QED) is 0.555. The molecule has 1 aromatic rings. The predicted molar refractivity (Wildman–Crippen MR) is 62.0 cm³/mol. The molecular weight excluding hydrogens is 220 g/mol. The fourth-order valence-electron chi connectivity index (χ4n) is 1.54. The summed E-state index contributed by atoms with van der Waals surface area (Å²) in [6.07, 6.45) is 1.24. The van der Waals surface area contributed by atoms with Crippen molar-refractivity contribution in [3.8, 4) is 5.75 Å². The molecule has 0 amide bonds. The number of para-hydroxylation sites is 1. The Kier molecular flexibility index (Phi) is 3.98. The number of benzene rings is 1. The minimum absolute atomic E-state index is 0.203. The Hall–Kier alpha value is -1.55. The molecule has 1 aliphatic rings. The van der Waals surface area contributed by atoms with Crippen molar-refractivity contribution in [3.05, 3.63) is 29.8 Å². The molecule has 92 valence electrons. The highest BCUT2D eigenvalue weighted by Gasteiger charge is 2.23. The molecule has 0 aromatic heterocycles. The minimum Gasteiger partial charge on any atom is -0.491 e. The van der Waals surface area contributed by atoms with Crippen LogP contribution in [0.5, 0.6) is 5.75 Å². The molecule has 4 heteroatoms. The molecule has 0 bridgehead atoms. The number of esters is 1. The lowest BCUT2D eigenvalue weighted by Crippen LogP contribution is -2.07. The zero-order chi connectivity index (χ0) is 12.1. The number of aryl methyl sites for hydroxylation is 1. The van der Waals surface area contributed by atoms with E-state index in [2.05, 4.69) is 4.74 Å². The predicted octanol–water partition coefficient (Wildman–Crippen LogP) is 1.57. The van der Waals surface area contributed by atoms with Crippen LogP contribution < -0.4 is 4.74 Å². The van der Waals surface area contributed by atoms with E-state index >= 15 is 0 Å². The van der Waals surface area contributed by atoms with Crippen LogP contribution in [0.3, 0.4) is 0 Å². The summed E-state index contributed by atoms with van der Waals surface area (Å²) in [4.78, 5) is 11.1. The van der Waals surface area contributed by atoms with E-state index in [0.29, 0.717) is 19.4 Å². The van der Waals surface area contributed by atoms with E-state index in [1.165, 1.54) is 7.11 Å². The highest BCUT2D eigenvalue weighted by Crippen LogP contribution is 2.21. The lowest BCUT2D eigenvalue weighted by Gasteiger charge is -2.09. The fourth-order valence-corrected chi connectivity index (χ4v) is 1.54. The Morgan fingerprint density at radius 1 is 1.47 bits per heavy atom. The van der Waals surface area contributed by atoms with Gasteiger partial charge in [-0.05, 0) is 18.1 Å². The van der Waals surface area contributed by atoms with Gasteiger partial charge in [0.1, 0.15) is 18.5 Å². The molecule has 0 saturated carbocycles. The van der Waals surface area contributed by atoms with Gasteiger partial charge >= 0.3 is 5.97 Å². The molecule has 1 heterocycles.